The van der Waals surface area contributed by atoms with E-state index in [1.165, 1.54) is 16.3 Å². The van der Waals surface area contributed by atoms with Crippen molar-refractivity contribution in [2.45, 2.75) is 0 Å². The third-order valence-corrected chi connectivity index (χ3v) is 4.72. The van der Waals surface area contributed by atoms with E-state index >= 15 is 0 Å². The van der Waals surface area contributed by atoms with E-state index < -0.39 is 0 Å². The molecule has 0 bridgehead atoms. The van der Waals surface area contributed by atoms with Gasteiger partial charge in [0, 0.05) is 41.9 Å². The highest BCUT2D eigenvalue weighted by Gasteiger charge is 2.16. The minimum atomic E-state index is 1.00. The van der Waals surface area contributed by atoms with Crippen LogP contribution < -0.4 is 0 Å². The zero-order valence-electron chi connectivity index (χ0n) is 14.0. The Kier molecular flexibility index (Phi) is 3.42. The second kappa shape index (κ2) is 6.05. The van der Waals surface area contributed by atoms with Gasteiger partial charge >= 0.3 is 0 Å². The summed E-state index contributed by atoms with van der Waals surface area (Å²) in [4.78, 5) is 13.1. The van der Waals surface area contributed by atoms with Crippen molar-refractivity contribution in [3.8, 4) is 22.3 Å². The van der Waals surface area contributed by atoms with E-state index in [1.54, 1.807) is 0 Å². The molecule has 3 heteroatoms. The Morgan fingerprint density at radius 1 is 0.462 bits per heavy atom. The quantitative estimate of drug-likeness (QED) is 0.400. The van der Waals surface area contributed by atoms with E-state index in [2.05, 4.69) is 52.4 Å². The van der Waals surface area contributed by atoms with Gasteiger partial charge in [0.2, 0.25) is 0 Å². The molecule has 0 amide bonds. The fraction of sp³-hybridized carbons (Fsp3) is 0. The normalized spacial score (nSPS) is 11.1. The topological polar surface area (TPSA) is 38.7 Å². The fourth-order valence-corrected chi connectivity index (χ4v) is 3.64. The number of aromatic nitrogens is 3. The number of pyridine rings is 3. The van der Waals surface area contributed by atoms with Crippen LogP contribution in [0, 0.1) is 0 Å². The van der Waals surface area contributed by atoms with E-state index in [9.17, 15) is 0 Å². The summed E-state index contributed by atoms with van der Waals surface area (Å²) in [5.74, 6) is 0. The van der Waals surface area contributed by atoms with Crippen molar-refractivity contribution in [2.24, 2.45) is 0 Å². The smallest absolute Gasteiger partial charge is 0.0793 e. The molecule has 0 aliphatic heterocycles. The second-order valence-corrected chi connectivity index (χ2v) is 6.17. The summed E-state index contributed by atoms with van der Waals surface area (Å²) in [7, 11) is 0. The number of hydrogen-bond donors (Lipinski definition) is 0. The Morgan fingerprint density at radius 2 is 1.00 bits per heavy atom. The lowest BCUT2D eigenvalue weighted by atomic mass is 9.88. The maximum absolute atomic E-state index is 4.76. The third kappa shape index (κ3) is 2.25. The fourth-order valence-electron chi connectivity index (χ4n) is 3.64. The first kappa shape index (κ1) is 14.7. The molecule has 0 unspecified atom stereocenters. The summed E-state index contributed by atoms with van der Waals surface area (Å²) in [6.45, 7) is 0. The predicted octanol–water partition coefficient (Wildman–Crippen LogP) is 5.51. The Balaban J connectivity index is 2.02. The summed E-state index contributed by atoms with van der Waals surface area (Å²) in [5, 5.41) is 3.55. The maximum Gasteiger partial charge on any atom is 0.0793 e. The van der Waals surface area contributed by atoms with Gasteiger partial charge in [-0.25, -0.2) is 0 Å². The first-order valence-corrected chi connectivity index (χ1v) is 8.54. The minimum Gasteiger partial charge on any atom is -0.265 e. The summed E-state index contributed by atoms with van der Waals surface area (Å²) in [6.07, 6.45) is 9.19. The van der Waals surface area contributed by atoms with E-state index in [4.69, 9.17) is 4.98 Å². The lowest BCUT2D eigenvalue weighted by Gasteiger charge is -2.16. The highest BCUT2D eigenvalue weighted by atomic mass is 14.7. The lowest BCUT2D eigenvalue weighted by molar-refractivity contribution is 1.33. The molecule has 5 aromatic rings. The van der Waals surface area contributed by atoms with Crippen molar-refractivity contribution < 1.29 is 0 Å². The van der Waals surface area contributed by atoms with Gasteiger partial charge < -0.3 is 0 Å². The molecule has 0 N–H and O–H groups in total. The van der Waals surface area contributed by atoms with Crippen LogP contribution in [0.1, 0.15) is 0 Å². The van der Waals surface area contributed by atoms with Crippen molar-refractivity contribution in [2.75, 3.05) is 0 Å². The Morgan fingerprint density at radius 3 is 1.65 bits per heavy atom. The molecule has 3 heterocycles. The van der Waals surface area contributed by atoms with Crippen LogP contribution in [0.3, 0.4) is 0 Å². The number of nitrogens with zero attached hydrogens (tertiary/aromatic N) is 3. The molecule has 0 aliphatic carbocycles. The van der Waals surface area contributed by atoms with Gasteiger partial charge in [-0.15, -0.1) is 0 Å². The van der Waals surface area contributed by atoms with Gasteiger partial charge in [-0.3, -0.25) is 15.0 Å². The van der Waals surface area contributed by atoms with Crippen molar-refractivity contribution >= 4 is 21.7 Å². The van der Waals surface area contributed by atoms with Crippen LogP contribution in [-0.2, 0) is 0 Å². The van der Waals surface area contributed by atoms with Crippen LogP contribution in [0.4, 0.5) is 0 Å². The average Bonchev–Trinajstić information content (AvgIpc) is 2.73. The number of rotatable bonds is 2. The highest BCUT2D eigenvalue weighted by Crippen LogP contribution is 2.42. The summed E-state index contributed by atoms with van der Waals surface area (Å²) in [5.41, 5.74) is 5.63. The van der Waals surface area contributed by atoms with Crippen molar-refractivity contribution in [1.29, 1.82) is 0 Å². The van der Waals surface area contributed by atoms with Gasteiger partial charge in [-0.1, -0.05) is 30.3 Å². The molecule has 0 radical (unpaired) electrons. The Bertz CT molecular complexity index is 1060. The van der Waals surface area contributed by atoms with E-state index in [-0.39, 0.29) is 0 Å². The molecule has 0 aliphatic rings. The molecule has 5 rings (SSSR count). The van der Waals surface area contributed by atoms with Crippen LogP contribution >= 0.6 is 0 Å². The SMILES string of the molecule is c1ccc2c(-c3ccncc3)c3ncccc3c(-c3ccncc3)c2c1. The molecule has 26 heavy (non-hydrogen) atoms. The van der Waals surface area contributed by atoms with Gasteiger partial charge in [-0.05, 0) is 57.8 Å². The van der Waals surface area contributed by atoms with Gasteiger partial charge in [0.25, 0.3) is 0 Å². The van der Waals surface area contributed by atoms with E-state index in [1.807, 2.05) is 49.2 Å². The van der Waals surface area contributed by atoms with Crippen LogP contribution in [-0.4, -0.2) is 15.0 Å². The molecule has 0 saturated carbocycles. The van der Waals surface area contributed by atoms with Gasteiger partial charge in [0.05, 0.1) is 5.52 Å². The lowest BCUT2D eigenvalue weighted by Crippen LogP contribution is -1.92. The molecular weight excluding hydrogens is 318 g/mol. The summed E-state index contributed by atoms with van der Waals surface area (Å²) >= 11 is 0. The van der Waals surface area contributed by atoms with Crippen molar-refractivity contribution in [1.82, 2.24) is 15.0 Å². The zero-order valence-corrected chi connectivity index (χ0v) is 14.0. The molecule has 122 valence electrons. The maximum atomic E-state index is 4.76. The second-order valence-electron chi connectivity index (χ2n) is 6.17. The van der Waals surface area contributed by atoms with Crippen molar-refractivity contribution in [3.05, 3.63) is 91.6 Å². The van der Waals surface area contributed by atoms with Crippen LogP contribution in [0.25, 0.3) is 43.9 Å². The van der Waals surface area contributed by atoms with E-state index in [0.29, 0.717) is 0 Å². The van der Waals surface area contributed by atoms with Crippen LogP contribution in [0.5, 0.6) is 0 Å². The Labute approximate surface area is 151 Å². The summed E-state index contributed by atoms with van der Waals surface area (Å²) in [6, 6.07) is 20.9. The number of benzene rings is 2. The molecule has 3 nitrogen and oxygen atoms in total. The molecule has 0 saturated heterocycles. The zero-order chi connectivity index (χ0) is 17.3. The van der Waals surface area contributed by atoms with Crippen molar-refractivity contribution in [3.63, 3.8) is 0 Å². The minimum absolute atomic E-state index is 1.00. The van der Waals surface area contributed by atoms with Gasteiger partial charge in [0.1, 0.15) is 0 Å². The molecule has 0 fully saturated rings. The van der Waals surface area contributed by atoms with Gasteiger partial charge in [0.15, 0.2) is 0 Å². The first-order chi connectivity index (χ1) is 12.9. The standard InChI is InChI=1S/C23H15N3/c1-2-5-19-18(4-1)21(16-7-12-24-13-8-16)20-6-3-11-26-23(20)22(19)17-9-14-25-15-10-17/h1-15H. The molecule has 0 atom stereocenters. The predicted molar refractivity (Wildman–Crippen MR) is 106 cm³/mol. The average molecular weight is 333 g/mol. The number of fused-ring (bicyclic) bond motifs is 2. The first-order valence-electron chi connectivity index (χ1n) is 8.54. The summed E-state index contributed by atoms with van der Waals surface area (Å²) < 4.78 is 0. The van der Waals surface area contributed by atoms with Crippen LogP contribution in [0.2, 0.25) is 0 Å². The highest BCUT2D eigenvalue weighted by molar-refractivity contribution is 6.20. The number of hydrogen-bond acceptors (Lipinski definition) is 3. The molecule has 0 spiro atoms. The Hall–Kier alpha value is -3.59. The molecule has 2 aromatic carbocycles. The van der Waals surface area contributed by atoms with Gasteiger partial charge in [-0.2, -0.15) is 0 Å². The molecular formula is C23H15N3. The largest absolute Gasteiger partial charge is 0.265 e. The van der Waals surface area contributed by atoms with E-state index in [0.717, 1.165) is 27.6 Å². The molecule has 3 aromatic heterocycles. The third-order valence-electron chi connectivity index (χ3n) is 4.72. The van der Waals surface area contributed by atoms with Crippen LogP contribution in [0.15, 0.2) is 91.6 Å². The monoisotopic (exact) mass is 333 g/mol.